The summed E-state index contributed by atoms with van der Waals surface area (Å²) in [6.45, 7) is 4.41. The first-order valence-corrected chi connectivity index (χ1v) is 7.79. The van der Waals surface area contributed by atoms with Crippen LogP contribution in [-0.2, 0) is 7.05 Å². The molecule has 4 rings (SSSR count). The Morgan fingerprint density at radius 2 is 1.81 bits per heavy atom. The Hall–Kier alpha value is -1.87. The zero-order chi connectivity index (χ0) is 14.7. The van der Waals surface area contributed by atoms with Gasteiger partial charge in [-0.1, -0.05) is 15.9 Å². The smallest absolute Gasteiger partial charge is 0.0527 e. The van der Waals surface area contributed by atoms with Gasteiger partial charge in [-0.15, -0.1) is 0 Å². The van der Waals surface area contributed by atoms with E-state index in [1.807, 2.05) is 12.4 Å². The molecule has 0 aliphatic rings. The third-order valence-electron chi connectivity index (χ3n) is 4.52. The summed E-state index contributed by atoms with van der Waals surface area (Å²) >= 11 is 3.60. The van der Waals surface area contributed by atoms with Crippen LogP contribution in [-0.4, -0.2) is 9.55 Å². The van der Waals surface area contributed by atoms with Crippen LogP contribution < -0.4 is 0 Å². The van der Waals surface area contributed by atoms with Crippen LogP contribution in [0.5, 0.6) is 0 Å². The number of aromatic nitrogens is 2. The van der Waals surface area contributed by atoms with Crippen molar-refractivity contribution in [2.75, 3.05) is 0 Å². The number of nitrogens with zero attached hydrogens (tertiary/aromatic N) is 2. The maximum Gasteiger partial charge on any atom is 0.0527 e. The largest absolute Gasteiger partial charge is 0.343 e. The summed E-state index contributed by atoms with van der Waals surface area (Å²) < 4.78 is 3.42. The van der Waals surface area contributed by atoms with Crippen molar-refractivity contribution in [3.05, 3.63) is 52.3 Å². The summed E-state index contributed by atoms with van der Waals surface area (Å²) in [5.41, 5.74) is 5.21. The van der Waals surface area contributed by atoms with Crippen LogP contribution in [0.2, 0.25) is 0 Å². The first-order valence-electron chi connectivity index (χ1n) is 7.00. The molecular formula is C18H15BrN2. The third-order valence-corrected chi connectivity index (χ3v) is 5.01. The van der Waals surface area contributed by atoms with E-state index in [-0.39, 0.29) is 0 Å². The minimum Gasteiger partial charge on any atom is -0.343 e. The molecule has 0 radical (unpaired) electrons. The van der Waals surface area contributed by atoms with E-state index < -0.39 is 0 Å². The summed E-state index contributed by atoms with van der Waals surface area (Å²) in [6, 6.07) is 8.62. The molecule has 0 atom stereocenters. The van der Waals surface area contributed by atoms with E-state index in [4.69, 9.17) is 0 Å². The number of halogens is 1. The van der Waals surface area contributed by atoms with Gasteiger partial charge in [-0.2, -0.15) is 0 Å². The molecule has 21 heavy (non-hydrogen) atoms. The molecule has 2 aromatic heterocycles. The normalized spacial score (nSPS) is 11.8. The van der Waals surface area contributed by atoms with Crippen LogP contribution in [0.4, 0.5) is 0 Å². The standard InChI is InChI=1S/C18H15BrN2/c1-10-15-9-20-7-6-13(15)11(2)18-17(10)14-8-12(19)4-5-16(14)21(18)3/h4-9H,1-3H3. The van der Waals surface area contributed by atoms with Gasteiger partial charge in [0.2, 0.25) is 0 Å². The molecule has 4 aromatic rings. The molecule has 2 nitrogen and oxygen atoms in total. The fourth-order valence-corrected chi connectivity index (χ4v) is 3.88. The second kappa shape index (κ2) is 4.31. The van der Waals surface area contributed by atoms with Crippen molar-refractivity contribution in [2.24, 2.45) is 7.05 Å². The van der Waals surface area contributed by atoms with Gasteiger partial charge in [0.05, 0.1) is 5.52 Å². The summed E-state index contributed by atoms with van der Waals surface area (Å²) in [4.78, 5) is 4.31. The molecule has 0 unspecified atom stereocenters. The number of benzene rings is 2. The van der Waals surface area contributed by atoms with Crippen molar-refractivity contribution in [2.45, 2.75) is 13.8 Å². The minimum atomic E-state index is 1.12. The topological polar surface area (TPSA) is 17.8 Å². The summed E-state index contributed by atoms with van der Waals surface area (Å²) in [7, 11) is 2.15. The fourth-order valence-electron chi connectivity index (χ4n) is 3.52. The Balaban J connectivity index is 2.41. The molecular weight excluding hydrogens is 324 g/mol. The highest BCUT2D eigenvalue weighted by Gasteiger charge is 2.16. The van der Waals surface area contributed by atoms with Gasteiger partial charge in [0, 0.05) is 45.6 Å². The number of pyridine rings is 1. The quantitative estimate of drug-likeness (QED) is 0.427. The van der Waals surface area contributed by atoms with Crippen molar-refractivity contribution in [1.29, 1.82) is 0 Å². The number of hydrogen-bond acceptors (Lipinski definition) is 1. The van der Waals surface area contributed by atoms with Crippen molar-refractivity contribution in [3.8, 4) is 0 Å². The molecule has 2 heterocycles. The van der Waals surface area contributed by atoms with Gasteiger partial charge in [0.15, 0.2) is 0 Å². The molecule has 0 N–H and O–H groups in total. The molecule has 0 saturated heterocycles. The summed E-state index contributed by atoms with van der Waals surface area (Å²) in [5, 5.41) is 5.18. The zero-order valence-corrected chi connectivity index (χ0v) is 13.8. The third kappa shape index (κ3) is 1.61. The average Bonchev–Trinajstić information content (AvgIpc) is 2.78. The lowest BCUT2D eigenvalue weighted by atomic mass is 9.97. The highest BCUT2D eigenvalue weighted by molar-refractivity contribution is 9.10. The Bertz CT molecular complexity index is 1030. The lowest BCUT2D eigenvalue weighted by molar-refractivity contribution is 1.01. The molecule has 0 aliphatic carbocycles. The van der Waals surface area contributed by atoms with Gasteiger partial charge in [-0.25, -0.2) is 0 Å². The second-order valence-electron chi connectivity index (χ2n) is 5.62. The van der Waals surface area contributed by atoms with Crippen LogP contribution >= 0.6 is 15.9 Å². The van der Waals surface area contributed by atoms with Crippen LogP contribution in [0.3, 0.4) is 0 Å². The van der Waals surface area contributed by atoms with Crippen molar-refractivity contribution >= 4 is 48.5 Å². The maximum absolute atomic E-state index is 4.31. The van der Waals surface area contributed by atoms with E-state index in [2.05, 4.69) is 70.6 Å². The van der Waals surface area contributed by atoms with E-state index in [9.17, 15) is 0 Å². The Kier molecular flexibility index (Phi) is 2.64. The number of aryl methyl sites for hydroxylation is 3. The van der Waals surface area contributed by atoms with Crippen LogP contribution in [0.1, 0.15) is 11.1 Å². The average molecular weight is 339 g/mol. The summed E-state index contributed by atoms with van der Waals surface area (Å²) in [5.74, 6) is 0. The van der Waals surface area contributed by atoms with Crippen molar-refractivity contribution in [1.82, 2.24) is 9.55 Å². The monoisotopic (exact) mass is 338 g/mol. The molecule has 2 aromatic carbocycles. The first-order chi connectivity index (χ1) is 10.1. The number of fused-ring (bicyclic) bond motifs is 4. The van der Waals surface area contributed by atoms with Gasteiger partial charge in [0.25, 0.3) is 0 Å². The minimum absolute atomic E-state index is 1.12. The van der Waals surface area contributed by atoms with Gasteiger partial charge >= 0.3 is 0 Å². The van der Waals surface area contributed by atoms with Crippen LogP contribution in [0.25, 0.3) is 32.6 Å². The fraction of sp³-hybridized carbons (Fsp3) is 0.167. The Morgan fingerprint density at radius 1 is 1.00 bits per heavy atom. The highest BCUT2D eigenvalue weighted by Crippen LogP contribution is 2.38. The van der Waals surface area contributed by atoms with Crippen LogP contribution in [0, 0.1) is 13.8 Å². The van der Waals surface area contributed by atoms with Gasteiger partial charge < -0.3 is 4.57 Å². The number of hydrogen-bond donors (Lipinski definition) is 0. The second-order valence-corrected chi connectivity index (χ2v) is 6.53. The predicted molar refractivity (Wildman–Crippen MR) is 92.9 cm³/mol. The lowest BCUT2D eigenvalue weighted by Gasteiger charge is -2.10. The molecule has 104 valence electrons. The molecule has 0 fully saturated rings. The summed E-state index contributed by atoms with van der Waals surface area (Å²) in [6.07, 6.45) is 3.85. The number of rotatable bonds is 0. The van der Waals surface area contributed by atoms with Crippen molar-refractivity contribution in [3.63, 3.8) is 0 Å². The maximum atomic E-state index is 4.31. The zero-order valence-electron chi connectivity index (χ0n) is 12.2. The van der Waals surface area contributed by atoms with E-state index in [0.29, 0.717) is 0 Å². The van der Waals surface area contributed by atoms with E-state index >= 15 is 0 Å². The molecule has 0 bridgehead atoms. The molecule has 3 heteroatoms. The van der Waals surface area contributed by atoms with Gasteiger partial charge in [0.1, 0.15) is 0 Å². The van der Waals surface area contributed by atoms with Gasteiger partial charge in [-0.3, -0.25) is 4.98 Å². The lowest BCUT2D eigenvalue weighted by Crippen LogP contribution is -1.92. The first kappa shape index (κ1) is 12.8. The predicted octanol–water partition coefficient (Wildman–Crippen LogP) is 5.26. The SMILES string of the molecule is Cc1c2cnccc2c(C)c2c1c1cc(Br)ccc1n2C. The van der Waals surface area contributed by atoms with E-state index in [0.717, 1.165) is 4.47 Å². The van der Waals surface area contributed by atoms with Crippen molar-refractivity contribution < 1.29 is 0 Å². The molecule has 0 amide bonds. The van der Waals surface area contributed by atoms with Gasteiger partial charge in [-0.05, 0) is 54.6 Å². The molecule has 0 aliphatic heterocycles. The Labute approximate surface area is 131 Å². The highest BCUT2D eigenvalue weighted by atomic mass is 79.9. The molecule has 0 saturated carbocycles. The van der Waals surface area contributed by atoms with E-state index in [1.165, 1.54) is 43.7 Å². The van der Waals surface area contributed by atoms with Crippen LogP contribution in [0.15, 0.2) is 41.1 Å². The Morgan fingerprint density at radius 3 is 2.62 bits per heavy atom. The van der Waals surface area contributed by atoms with E-state index in [1.54, 1.807) is 0 Å². The molecule has 0 spiro atoms.